The zero-order valence-electron chi connectivity index (χ0n) is 21.5. The van der Waals surface area contributed by atoms with E-state index in [9.17, 15) is 13.4 Å². The van der Waals surface area contributed by atoms with Gasteiger partial charge in [0.25, 0.3) is 5.91 Å². The molecule has 4 atom stereocenters. The molecule has 2 aromatic heterocycles. The van der Waals surface area contributed by atoms with Crippen molar-refractivity contribution >= 4 is 32.7 Å². The number of nitrogens with zero attached hydrogens (tertiary/aromatic N) is 4. The Balaban J connectivity index is 1.46. The number of hydrogen-bond donors (Lipinski definition) is 1. The number of methoxy groups -OCH3 is 1. The molecule has 4 heterocycles. The van der Waals surface area contributed by atoms with E-state index in [0.717, 1.165) is 0 Å². The van der Waals surface area contributed by atoms with Gasteiger partial charge in [-0.05, 0) is 24.6 Å². The van der Waals surface area contributed by atoms with Crippen molar-refractivity contribution in [1.82, 2.24) is 14.6 Å². The minimum Gasteiger partial charge on any atom is -0.483 e. The lowest BCUT2D eigenvalue weighted by atomic mass is 10.1. The third-order valence-electron chi connectivity index (χ3n) is 6.95. The topological polar surface area (TPSA) is 126 Å². The Morgan fingerprint density at radius 3 is 2.66 bits per heavy atom. The highest BCUT2D eigenvalue weighted by Crippen LogP contribution is 2.36. The van der Waals surface area contributed by atoms with Crippen LogP contribution in [-0.4, -0.2) is 81.0 Å². The number of benzene rings is 1. The molecule has 0 aliphatic carbocycles. The van der Waals surface area contributed by atoms with Crippen molar-refractivity contribution in [1.29, 1.82) is 0 Å². The zero-order valence-corrected chi connectivity index (χ0v) is 22.4. The number of carbonyl (C=O) groups is 1. The van der Waals surface area contributed by atoms with Gasteiger partial charge in [0.2, 0.25) is 0 Å². The summed E-state index contributed by atoms with van der Waals surface area (Å²) < 4.78 is 55.8. The van der Waals surface area contributed by atoms with Gasteiger partial charge < -0.3 is 24.3 Å². The van der Waals surface area contributed by atoms with Crippen molar-refractivity contribution in [3.63, 3.8) is 0 Å². The number of halogens is 1. The van der Waals surface area contributed by atoms with Gasteiger partial charge in [0, 0.05) is 30.9 Å². The molecule has 0 unspecified atom stereocenters. The van der Waals surface area contributed by atoms with E-state index in [1.165, 1.54) is 29.2 Å². The number of hydrogen-bond acceptors (Lipinski definition) is 9. The SMILES string of the molecule is CCS(=O)(CC)=NC(=O)c1cn2ncnc(Nc3ccc(F)cc3O[C@@H]3CO[C@H]4[C@@H]3OC[C@H]4OC)c2c1C. The van der Waals surface area contributed by atoms with Crippen LogP contribution in [-0.2, 0) is 23.9 Å². The molecular weight excluding hydrogens is 517 g/mol. The van der Waals surface area contributed by atoms with Crippen LogP contribution in [0.5, 0.6) is 5.75 Å². The summed E-state index contributed by atoms with van der Waals surface area (Å²) in [6, 6.07) is 4.13. The van der Waals surface area contributed by atoms with Gasteiger partial charge in [-0.2, -0.15) is 9.46 Å². The summed E-state index contributed by atoms with van der Waals surface area (Å²) >= 11 is 0. The molecule has 3 aromatic rings. The fourth-order valence-corrected chi connectivity index (χ4v) is 5.79. The normalized spacial score (nSPS) is 23.0. The number of rotatable bonds is 8. The molecule has 13 heteroatoms. The van der Waals surface area contributed by atoms with Crippen molar-refractivity contribution in [3.05, 3.63) is 47.7 Å². The van der Waals surface area contributed by atoms with Crippen LogP contribution < -0.4 is 10.1 Å². The summed E-state index contributed by atoms with van der Waals surface area (Å²) in [5.74, 6) is 0.150. The predicted octanol–water partition coefficient (Wildman–Crippen LogP) is 3.13. The summed E-state index contributed by atoms with van der Waals surface area (Å²) in [7, 11) is -1.02. The molecule has 0 radical (unpaired) electrons. The van der Waals surface area contributed by atoms with Gasteiger partial charge in [0.1, 0.15) is 41.7 Å². The maximum Gasteiger partial charge on any atom is 0.287 e. The predicted molar refractivity (Wildman–Crippen MR) is 138 cm³/mol. The standard InChI is InChI=1S/C25H30FN5O6S/c1-5-38(33,6-2)30-25(32)16-10-31-21(14(16)3)24(27-13-28-31)29-17-8-7-15(26)9-18(17)37-20-12-36-22-19(34-4)11-35-23(20)22/h7-10,13,19-20,22-23H,5-6,11-12H2,1-4H3,(H,27,28,29)/t19-,20-,22-,23-/m1/s1. The summed E-state index contributed by atoms with van der Waals surface area (Å²) in [5, 5.41) is 7.41. The van der Waals surface area contributed by atoms with E-state index in [1.54, 1.807) is 33.9 Å². The Bertz CT molecular complexity index is 1480. The third-order valence-corrected chi connectivity index (χ3v) is 9.25. The molecule has 2 fully saturated rings. The number of nitrogens with one attached hydrogen (secondary N) is 1. The molecule has 11 nitrogen and oxygen atoms in total. The van der Waals surface area contributed by atoms with Crippen molar-refractivity contribution in [2.75, 3.05) is 37.1 Å². The van der Waals surface area contributed by atoms with Crippen molar-refractivity contribution < 1.29 is 32.3 Å². The Kier molecular flexibility index (Phi) is 7.36. The Morgan fingerprint density at radius 2 is 1.95 bits per heavy atom. The first-order chi connectivity index (χ1) is 18.3. The quantitative estimate of drug-likeness (QED) is 0.453. The highest BCUT2D eigenvalue weighted by molar-refractivity contribution is 7.93. The van der Waals surface area contributed by atoms with E-state index in [0.29, 0.717) is 29.2 Å². The maximum absolute atomic E-state index is 14.3. The minimum absolute atomic E-state index is 0.183. The van der Waals surface area contributed by atoms with Crippen LogP contribution in [0.15, 0.2) is 35.1 Å². The van der Waals surface area contributed by atoms with Crippen molar-refractivity contribution in [3.8, 4) is 5.75 Å². The smallest absolute Gasteiger partial charge is 0.287 e. The lowest BCUT2D eigenvalue weighted by Gasteiger charge is -2.20. The second kappa shape index (κ2) is 10.6. The average molecular weight is 548 g/mol. The lowest BCUT2D eigenvalue weighted by molar-refractivity contribution is -0.0138. The minimum atomic E-state index is -2.62. The van der Waals surface area contributed by atoms with Crippen LogP contribution in [0, 0.1) is 12.7 Å². The van der Waals surface area contributed by atoms with Gasteiger partial charge in [-0.15, -0.1) is 0 Å². The molecule has 0 saturated carbocycles. The van der Waals surface area contributed by atoms with Crippen LogP contribution >= 0.6 is 0 Å². The van der Waals surface area contributed by atoms with Gasteiger partial charge in [0.05, 0.1) is 34.2 Å². The monoisotopic (exact) mass is 547 g/mol. The third kappa shape index (κ3) is 4.86. The number of aromatic nitrogens is 3. The van der Waals surface area contributed by atoms with E-state index in [1.807, 2.05) is 0 Å². The second-order valence-electron chi connectivity index (χ2n) is 9.11. The summed E-state index contributed by atoms with van der Waals surface area (Å²) in [5.41, 5.74) is 1.82. The van der Waals surface area contributed by atoms with Crippen molar-refractivity contribution in [2.24, 2.45) is 4.36 Å². The van der Waals surface area contributed by atoms with Gasteiger partial charge in [-0.1, -0.05) is 13.8 Å². The molecule has 5 rings (SSSR count). The Hall–Kier alpha value is -3.13. The number of anilines is 2. The van der Waals surface area contributed by atoms with Gasteiger partial charge in [-0.25, -0.2) is 18.1 Å². The highest BCUT2D eigenvalue weighted by atomic mass is 32.2. The number of ether oxygens (including phenoxy) is 4. The fraction of sp³-hybridized carbons (Fsp3) is 0.480. The lowest BCUT2D eigenvalue weighted by Crippen LogP contribution is -2.35. The molecule has 2 aliphatic heterocycles. The van der Waals surface area contributed by atoms with Crippen LogP contribution in [0.4, 0.5) is 15.9 Å². The molecule has 204 valence electrons. The van der Waals surface area contributed by atoms with Crippen molar-refractivity contribution in [2.45, 2.75) is 45.2 Å². The highest BCUT2D eigenvalue weighted by Gasteiger charge is 2.49. The van der Waals surface area contributed by atoms with Crippen LogP contribution in [0.25, 0.3) is 5.52 Å². The number of fused-ring (bicyclic) bond motifs is 2. The van der Waals surface area contributed by atoms with E-state index in [2.05, 4.69) is 19.8 Å². The Labute approximate surface area is 219 Å². The van der Waals surface area contributed by atoms with Gasteiger partial charge in [0.15, 0.2) is 11.9 Å². The van der Waals surface area contributed by atoms with Crippen LogP contribution in [0.2, 0.25) is 0 Å². The van der Waals surface area contributed by atoms with Gasteiger partial charge in [-0.3, -0.25) is 4.79 Å². The van der Waals surface area contributed by atoms with Gasteiger partial charge >= 0.3 is 0 Å². The average Bonchev–Trinajstić information content (AvgIpc) is 3.60. The molecule has 0 spiro atoms. The van der Waals surface area contributed by atoms with E-state index in [-0.39, 0.29) is 47.7 Å². The largest absolute Gasteiger partial charge is 0.483 e. The first-order valence-corrected chi connectivity index (χ1v) is 14.2. The second-order valence-corrected chi connectivity index (χ2v) is 12.0. The number of aryl methyl sites for hydroxylation is 1. The van der Waals surface area contributed by atoms with E-state index in [4.69, 9.17) is 18.9 Å². The summed E-state index contributed by atoms with van der Waals surface area (Å²) in [6.07, 6.45) is 1.64. The zero-order chi connectivity index (χ0) is 27.0. The molecular formula is C25H30FN5O6S. The first-order valence-electron chi connectivity index (χ1n) is 12.4. The summed E-state index contributed by atoms with van der Waals surface area (Å²) in [4.78, 5) is 17.3. The Morgan fingerprint density at radius 1 is 1.24 bits per heavy atom. The molecule has 0 bridgehead atoms. The molecule has 2 aliphatic rings. The van der Waals surface area contributed by atoms with Crippen LogP contribution in [0.1, 0.15) is 29.8 Å². The molecule has 1 aromatic carbocycles. The van der Waals surface area contributed by atoms with Crippen LogP contribution in [0.3, 0.4) is 0 Å². The van der Waals surface area contributed by atoms with E-state index < -0.39 is 27.6 Å². The first kappa shape index (κ1) is 26.5. The number of carbonyl (C=O) groups excluding carboxylic acids is 1. The molecule has 1 amide bonds. The maximum atomic E-state index is 14.3. The molecule has 1 N–H and O–H groups in total. The van der Waals surface area contributed by atoms with E-state index >= 15 is 0 Å². The fourth-order valence-electron chi connectivity index (χ4n) is 4.72. The number of amides is 1. The molecule has 2 saturated heterocycles. The summed E-state index contributed by atoms with van der Waals surface area (Å²) in [6.45, 7) is 5.90. The molecule has 38 heavy (non-hydrogen) atoms.